The van der Waals surface area contributed by atoms with Crippen molar-refractivity contribution in [3.63, 3.8) is 0 Å². The van der Waals surface area contributed by atoms with Gasteiger partial charge < -0.3 is 9.47 Å². The zero-order valence-corrected chi connectivity index (χ0v) is 14.0. The minimum absolute atomic E-state index is 0.0444. The predicted molar refractivity (Wildman–Crippen MR) is 84.8 cm³/mol. The first-order valence-corrected chi connectivity index (χ1v) is 9.26. The number of sulfone groups is 1. The molecule has 124 valence electrons. The Hall–Kier alpha value is -1.82. The van der Waals surface area contributed by atoms with Crippen LogP contribution in [0.25, 0.3) is 0 Å². The van der Waals surface area contributed by atoms with Crippen molar-refractivity contribution in [2.75, 3.05) is 13.7 Å². The van der Waals surface area contributed by atoms with Crippen LogP contribution in [0.2, 0.25) is 0 Å². The SMILES string of the molecule is CCOC(=O)[C@@H]1[C@H](S(=O)(=O)c2ccc(OC)cc2)[C@@H]2C=C[C@H]1C2. The highest BCUT2D eigenvalue weighted by Crippen LogP contribution is 2.49. The van der Waals surface area contributed by atoms with Crippen molar-refractivity contribution in [2.45, 2.75) is 23.5 Å². The van der Waals surface area contributed by atoms with Gasteiger partial charge in [-0.3, -0.25) is 4.79 Å². The Kier molecular flexibility index (Phi) is 4.19. The molecule has 4 atom stereocenters. The molecular formula is C17H20O5S. The average Bonchev–Trinajstić information content (AvgIpc) is 3.16. The van der Waals surface area contributed by atoms with Crippen LogP contribution in [0.15, 0.2) is 41.3 Å². The van der Waals surface area contributed by atoms with E-state index in [1.807, 2.05) is 12.2 Å². The number of hydrogen-bond donors (Lipinski definition) is 0. The van der Waals surface area contributed by atoms with E-state index in [0.29, 0.717) is 12.2 Å². The van der Waals surface area contributed by atoms with Gasteiger partial charge in [-0.2, -0.15) is 0 Å². The van der Waals surface area contributed by atoms with E-state index in [4.69, 9.17) is 9.47 Å². The second-order valence-electron chi connectivity index (χ2n) is 5.91. The van der Waals surface area contributed by atoms with Crippen LogP contribution < -0.4 is 4.74 Å². The van der Waals surface area contributed by atoms with Crippen LogP contribution in [-0.4, -0.2) is 33.4 Å². The third kappa shape index (κ3) is 2.65. The first-order chi connectivity index (χ1) is 11.0. The number of fused-ring (bicyclic) bond motifs is 2. The molecule has 0 aliphatic heterocycles. The Labute approximate surface area is 136 Å². The topological polar surface area (TPSA) is 69.7 Å². The lowest BCUT2D eigenvalue weighted by Crippen LogP contribution is -2.39. The molecule has 23 heavy (non-hydrogen) atoms. The summed E-state index contributed by atoms with van der Waals surface area (Å²) in [6.45, 7) is 1.99. The third-order valence-corrected chi connectivity index (χ3v) is 6.98. The zero-order valence-electron chi connectivity index (χ0n) is 13.1. The summed E-state index contributed by atoms with van der Waals surface area (Å²) in [5, 5.41) is -0.745. The molecule has 5 nitrogen and oxygen atoms in total. The molecule has 1 aromatic carbocycles. The Balaban J connectivity index is 1.96. The number of carbonyl (C=O) groups excluding carboxylic acids is 1. The molecule has 3 rings (SSSR count). The molecule has 0 heterocycles. The summed E-state index contributed by atoms with van der Waals surface area (Å²) in [4.78, 5) is 12.5. The van der Waals surface area contributed by atoms with Crippen molar-refractivity contribution in [1.82, 2.24) is 0 Å². The standard InChI is InChI=1S/C17H20O5S/c1-3-22-17(18)15-11-4-5-12(10-11)16(15)23(19,20)14-8-6-13(21-2)7-9-14/h4-9,11-12,15-16H,3,10H2,1-2H3/t11-,12+,15-,16+/m0/s1. The molecule has 0 N–H and O–H groups in total. The van der Waals surface area contributed by atoms with Gasteiger partial charge in [0.15, 0.2) is 9.84 Å². The van der Waals surface area contributed by atoms with Gasteiger partial charge in [0, 0.05) is 0 Å². The number of esters is 1. The number of methoxy groups -OCH3 is 1. The lowest BCUT2D eigenvalue weighted by molar-refractivity contribution is -0.148. The molecule has 6 heteroatoms. The van der Waals surface area contributed by atoms with Crippen molar-refractivity contribution < 1.29 is 22.7 Å². The second-order valence-corrected chi connectivity index (χ2v) is 8.02. The van der Waals surface area contributed by atoms with Crippen LogP contribution in [0.4, 0.5) is 0 Å². The molecule has 1 saturated carbocycles. The number of carbonyl (C=O) groups is 1. The first-order valence-electron chi connectivity index (χ1n) is 7.72. The molecule has 0 aromatic heterocycles. The zero-order chi connectivity index (χ0) is 16.6. The Morgan fingerprint density at radius 3 is 2.43 bits per heavy atom. The first kappa shape index (κ1) is 16.1. The van der Waals surface area contributed by atoms with Gasteiger partial charge >= 0.3 is 5.97 Å². The highest BCUT2D eigenvalue weighted by Gasteiger charge is 2.54. The summed E-state index contributed by atoms with van der Waals surface area (Å²) in [7, 11) is -2.09. The van der Waals surface area contributed by atoms with Gasteiger partial charge in [-0.15, -0.1) is 0 Å². The number of benzene rings is 1. The number of allylic oxidation sites excluding steroid dienone is 2. The number of ether oxygens (including phenoxy) is 2. The fraction of sp³-hybridized carbons (Fsp3) is 0.471. The third-order valence-electron chi connectivity index (χ3n) is 4.69. The van der Waals surface area contributed by atoms with E-state index in [-0.39, 0.29) is 23.3 Å². The van der Waals surface area contributed by atoms with Crippen LogP contribution in [-0.2, 0) is 19.4 Å². The second kappa shape index (κ2) is 6.00. The predicted octanol–water partition coefficient (Wildman–Crippen LogP) is 2.22. The lowest BCUT2D eigenvalue weighted by atomic mass is 9.93. The Morgan fingerprint density at radius 1 is 1.17 bits per heavy atom. The van der Waals surface area contributed by atoms with E-state index in [1.54, 1.807) is 19.1 Å². The summed E-state index contributed by atoms with van der Waals surface area (Å²) in [5.74, 6) is -0.596. The minimum atomic E-state index is -3.61. The van der Waals surface area contributed by atoms with Gasteiger partial charge in [0.2, 0.25) is 0 Å². The molecule has 0 saturated heterocycles. The van der Waals surface area contributed by atoms with Gasteiger partial charge in [-0.1, -0.05) is 12.2 Å². The Morgan fingerprint density at radius 2 is 1.83 bits per heavy atom. The van der Waals surface area contributed by atoms with E-state index in [0.717, 1.165) is 0 Å². The molecule has 0 radical (unpaired) electrons. The van der Waals surface area contributed by atoms with E-state index in [9.17, 15) is 13.2 Å². The largest absolute Gasteiger partial charge is 0.497 e. The van der Waals surface area contributed by atoms with Crippen molar-refractivity contribution in [2.24, 2.45) is 17.8 Å². The molecule has 0 unspecified atom stereocenters. The summed E-state index contributed by atoms with van der Waals surface area (Å²) in [6.07, 6.45) is 4.57. The fourth-order valence-electron chi connectivity index (χ4n) is 3.67. The number of rotatable bonds is 5. The maximum absolute atomic E-state index is 13.1. The number of hydrogen-bond acceptors (Lipinski definition) is 5. The normalized spacial score (nSPS) is 28.8. The lowest BCUT2D eigenvalue weighted by Gasteiger charge is -2.26. The summed E-state index contributed by atoms with van der Waals surface area (Å²) >= 11 is 0. The van der Waals surface area contributed by atoms with Gasteiger partial charge in [0.1, 0.15) is 5.75 Å². The molecule has 1 aromatic rings. The van der Waals surface area contributed by atoms with Crippen molar-refractivity contribution in [1.29, 1.82) is 0 Å². The van der Waals surface area contributed by atoms with Crippen molar-refractivity contribution in [3.8, 4) is 5.75 Å². The smallest absolute Gasteiger partial charge is 0.310 e. The molecule has 1 fully saturated rings. The minimum Gasteiger partial charge on any atom is -0.497 e. The fourth-order valence-corrected chi connectivity index (χ4v) is 5.86. The van der Waals surface area contributed by atoms with Gasteiger partial charge in [0.05, 0.1) is 29.8 Å². The van der Waals surface area contributed by atoms with Gasteiger partial charge in [-0.25, -0.2) is 8.42 Å². The van der Waals surface area contributed by atoms with E-state index in [1.165, 1.54) is 19.2 Å². The highest BCUT2D eigenvalue weighted by molar-refractivity contribution is 7.92. The van der Waals surface area contributed by atoms with Crippen molar-refractivity contribution in [3.05, 3.63) is 36.4 Å². The molecule has 0 spiro atoms. The van der Waals surface area contributed by atoms with Crippen LogP contribution in [0.5, 0.6) is 5.75 Å². The van der Waals surface area contributed by atoms with Gasteiger partial charge in [-0.05, 0) is 49.4 Å². The summed E-state index contributed by atoms with van der Waals surface area (Å²) < 4.78 is 36.3. The molecule has 2 aliphatic rings. The molecule has 2 bridgehead atoms. The van der Waals surface area contributed by atoms with Crippen LogP contribution in [0.1, 0.15) is 13.3 Å². The molecular weight excluding hydrogens is 316 g/mol. The summed E-state index contributed by atoms with van der Waals surface area (Å²) in [5.41, 5.74) is 0. The average molecular weight is 336 g/mol. The van der Waals surface area contributed by atoms with E-state index >= 15 is 0 Å². The highest BCUT2D eigenvalue weighted by atomic mass is 32.2. The van der Waals surface area contributed by atoms with E-state index in [2.05, 4.69) is 0 Å². The molecule has 2 aliphatic carbocycles. The van der Waals surface area contributed by atoms with E-state index < -0.39 is 27.0 Å². The van der Waals surface area contributed by atoms with Crippen molar-refractivity contribution >= 4 is 15.8 Å². The monoisotopic (exact) mass is 336 g/mol. The van der Waals surface area contributed by atoms with Gasteiger partial charge in [0.25, 0.3) is 0 Å². The van der Waals surface area contributed by atoms with Crippen LogP contribution >= 0.6 is 0 Å². The quantitative estimate of drug-likeness (QED) is 0.609. The maximum atomic E-state index is 13.1. The van der Waals surface area contributed by atoms with Crippen LogP contribution in [0, 0.1) is 17.8 Å². The molecule has 0 amide bonds. The van der Waals surface area contributed by atoms with Crippen LogP contribution in [0.3, 0.4) is 0 Å². The Bertz CT molecular complexity index is 720. The maximum Gasteiger partial charge on any atom is 0.310 e. The summed E-state index contributed by atoms with van der Waals surface area (Å²) in [6, 6.07) is 6.31.